The lowest BCUT2D eigenvalue weighted by molar-refractivity contribution is -0.137. The second kappa shape index (κ2) is 9.67. The summed E-state index contributed by atoms with van der Waals surface area (Å²) in [5, 5.41) is 18.4. The van der Waals surface area contributed by atoms with Gasteiger partial charge in [0.1, 0.15) is 5.78 Å². The van der Waals surface area contributed by atoms with Gasteiger partial charge in [0.05, 0.1) is 5.60 Å². The highest BCUT2D eigenvalue weighted by Crippen LogP contribution is 2.41. The van der Waals surface area contributed by atoms with Crippen LogP contribution in [0.5, 0.6) is 0 Å². The number of hydrogen-bond acceptors (Lipinski definition) is 3. The number of carbonyl (C=O) groups excluding carboxylic acids is 1. The van der Waals surface area contributed by atoms with Crippen LogP contribution < -0.4 is 0 Å². The van der Waals surface area contributed by atoms with Crippen molar-refractivity contribution in [3.8, 4) is 0 Å². The highest BCUT2D eigenvalue weighted by molar-refractivity contribution is 5.81. The molecule has 4 heteroatoms. The summed E-state index contributed by atoms with van der Waals surface area (Å²) in [6, 6.07) is 8.26. The Labute approximate surface area is 155 Å². The van der Waals surface area contributed by atoms with Crippen LogP contribution >= 0.6 is 0 Å². The van der Waals surface area contributed by atoms with Gasteiger partial charge < -0.3 is 10.2 Å². The van der Waals surface area contributed by atoms with Crippen molar-refractivity contribution in [2.75, 3.05) is 0 Å². The molecule has 1 aromatic carbocycles. The van der Waals surface area contributed by atoms with Crippen molar-refractivity contribution in [1.82, 2.24) is 0 Å². The molecular formula is C22H30O4. The second-order valence-electron chi connectivity index (χ2n) is 7.34. The van der Waals surface area contributed by atoms with E-state index in [2.05, 4.69) is 12.1 Å². The minimum atomic E-state index is -0.709. The van der Waals surface area contributed by atoms with Crippen LogP contribution in [0.25, 0.3) is 0 Å². The van der Waals surface area contributed by atoms with E-state index in [-0.39, 0.29) is 6.42 Å². The highest BCUT2D eigenvalue weighted by atomic mass is 16.4. The van der Waals surface area contributed by atoms with E-state index in [1.165, 1.54) is 5.56 Å². The Morgan fingerprint density at radius 3 is 2.42 bits per heavy atom. The molecule has 142 valence electrons. The van der Waals surface area contributed by atoms with Crippen molar-refractivity contribution < 1.29 is 19.8 Å². The minimum absolute atomic E-state index is 0.282. The van der Waals surface area contributed by atoms with Gasteiger partial charge in [-0.2, -0.15) is 0 Å². The fourth-order valence-electron chi connectivity index (χ4n) is 3.50. The minimum Gasteiger partial charge on any atom is -0.481 e. The number of allylic oxidation sites excluding steroid dienone is 2. The fourth-order valence-corrected chi connectivity index (χ4v) is 3.50. The molecule has 3 rings (SSSR count). The molecule has 0 aromatic heterocycles. The molecule has 2 N–H and O–H groups in total. The number of Topliss-reactive ketones (excluding diaryl/α,β-unsaturated/α-hetero) is 1. The number of carboxylic acids is 1. The summed E-state index contributed by atoms with van der Waals surface area (Å²) in [4.78, 5) is 21.2. The Kier molecular flexibility index (Phi) is 7.58. The summed E-state index contributed by atoms with van der Waals surface area (Å²) < 4.78 is 0. The molecule has 0 aliphatic heterocycles. The van der Waals surface area contributed by atoms with Crippen molar-refractivity contribution in [3.05, 3.63) is 47.5 Å². The third-order valence-corrected chi connectivity index (χ3v) is 5.34. The summed E-state index contributed by atoms with van der Waals surface area (Å²) >= 11 is 0. The lowest BCUT2D eigenvalue weighted by atomic mass is 9.75. The first-order chi connectivity index (χ1) is 12.4. The van der Waals surface area contributed by atoms with E-state index in [0.717, 1.165) is 50.5 Å². The smallest absolute Gasteiger partial charge is 0.303 e. The van der Waals surface area contributed by atoms with Crippen molar-refractivity contribution in [2.24, 2.45) is 0 Å². The Morgan fingerprint density at radius 2 is 1.96 bits per heavy atom. The summed E-state index contributed by atoms with van der Waals surface area (Å²) in [5.41, 5.74) is 1.73. The maximum atomic E-state index is 11.3. The molecule has 2 saturated carbocycles. The zero-order valence-electron chi connectivity index (χ0n) is 15.6. The molecule has 2 aliphatic rings. The van der Waals surface area contributed by atoms with Gasteiger partial charge in [-0.15, -0.1) is 0 Å². The molecule has 0 saturated heterocycles. The Bertz CT molecular complexity index is 626. The van der Waals surface area contributed by atoms with Gasteiger partial charge in [0.25, 0.3) is 0 Å². The number of carbonyl (C=O) groups is 2. The molecule has 0 radical (unpaired) electrons. The zero-order chi connectivity index (χ0) is 19.0. The summed E-state index contributed by atoms with van der Waals surface area (Å²) in [6.45, 7) is 1.93. The summed E-state index contributed by atoms with van der Waals surface area (Å²) in [7, 11) is 0. The Hall–Kier alpha value is -1.94. The number of benzene rings is 1. The second-order valence-corrected chi connectivity index (χ2v) is 7.34. The number of aliphatic carboxylic acids is 1. The Balaban J connectivity index is 0.000000232. The van der Waals surface area contributed by atoms with Crippen LogP contribution in [-0.4, -0.2) is 22.0 Å². The first kappa shape index (κ1) is 20.4. The van der Waals surface area contributed by atoms with Gasteiger partial charge in [-0.25, -0.2) is 0 Å². The molecule has 4 nitrogen and oxygen atoms in total. The van der Waals surface area contributed by atoms with Crippen molar-refractivity contribution in [3.63, 3.8) is 0 Å². The Morgan fingerprint density at radius 1 is 1.27 bits per heavy atom. The number of ketones is 1. The summed E-state index contributed by atoms with van der Waals surface area (Å²) in [5.74, 6) is 0.0868. The predicted molar refractivity (Wildman–Crippen MR) is 102 cm³/mol. The van der Waals surface area contributed by atoms with Crippen molar-refractivity contribution in [1.29, 1.82) is 0 Å². The van der Waals surface area contributed by atoms with Crippen molar-refractivity contribution in [2.45, 2.75) is 76.2 Å². The molecule has 0 heterocycles. The van der Waals surface area contributed by atoms with Crippen LogP contribution in [0.15, 0.2) is 36.4 Å². The average Bonchev–Trinajstić information content (AvgIpc) is 3.04. The van der Waals surface area contributed by atoms with Gasteiger partial charge in [-0.05, 0) is 62.5 Å². The van der Waals surface area contributed by atoms with Gasteiger partial charge in [0.15, 0.2) is 0 Å². The largest absolute Gasteiger partial charge is 0.481 e. The lowest BCUT2D eigenvalue weighted by Crippen LogP contribution is -2.33. The normalized spacial score (nSPS) is 21.2. The van der Waals surface area contributed by atoms with Crippen LogP contribution in [0.1, 0.15) is 81.8 Å². The van der Waals surface area contributed by atoms with Crippen LogP contribution in [0.3, 0.4) is 0 Å². The molecule has 2 fully saturated rings. The van der Waals surface area contributed by atoms with Gasteiger partial charge in [0, 0.05) is 19.3 Å². The van der Waals surface area contributed by atoms with E-state index < -0.39 is 11.6 Å². The van der Waals surface area contributed by atoms with Crippen LogP contribution in [-0.2, 0) is 15.2 Å². The third-order valence-electron chi connectivity index (χ3n) is 5.34. The van der Waals surface area contributed by atoms with E-state index in [1.807, 2.05) is 31.2 Å². The molecule has 0 bridgehead atoms. The third kappa shape index (κ3) is 5.80. The SMILES string of the molecule is C/C=C\CCCC(=O)O.O=C1CCC(c2ccc(C3(O)CCC3)cc2)C1. The quantitative estimate of drug-likeness (QED) is 0.570. The number of rotatable bonds is 6. The fraction of sp³-hybridized carbons (Fsp3) is 0.545. The topological polar surface area (TPSA) is 74.6 Å². The molecule has 1 aromatic rings. The molecule has 1 atom stereocenters. The van der Waals surface area contributed by atoms with E-state index in [1.54, 1.807) is 0 Å². The van der Waals surface area contributed by atoms with Crippen LogP contribution in [0.2, 0.25) is 0 Å². The average molecular weight is 358 g/mol. The maximum Gasteiger partial charge on any atom is 0.303 e. The van der Waals surface area contributed by atoms with E-state index >= 15 is 0 Å². The zero-order valence-corrected chi connectivity index (χ0v) is 15.6. The lowest BCUT2D eigenvalue weighted by Gasteiger charge is -2.37. The molecule has 26 heavy (non-hydrogen) atoms. The predicted octanol–water partition coefficient (Wildman–Crippen LogP) is 4.71. The van der Waals surface area contributed by atoms with E-state index in [0.29, 0.717) is 18.1 Å². The number of aliphatic hydroxyl groups is 1. The molecule has 2 aliphatic carbocycles. The van der Waals surface area contributed by atoms with Crippen LogP contribution in [0.4, 0.5) is 0 Å². The van der Waals surface area contributed by atoms with Gasteiger partial charge >= 0.3 is 5.97 Å². The molecule has 0 amide bonds. The summed E-state index contributed by atoms with van der Waals surface area (Å²) in [6.07, 6.45) is 11.1. The number of carboxylic acid groups (broad SMARTS) is 1. The van der Waals surface area contributed by atoms with E-state index in [4.69, 9.17) is 5.11 Å². The maximum absolute atomic E-state index is 11.3. The molecule has 0 spiro atoms. The molecule has 1 unspecified atom stereocenters. The van der Waals surface area contributed by atoms with Gasteiger partial charge in [-0.3, -0.25) is 9.59 Å². The number of unbranched alkanes of at least 4 members (excludes halogenated alkanes) is 1. The standard InChI is InChI=1S/C15H18O2.C7H12O2/c16-14-7-4-12(10-14)11-2-5-13(6-3-11)15(17)8-1-9-15;1-2-3-4-5-6-7(8)9/h2-3,5-6,12,17H,1,4,7-10H2;2-3H,4-6H2,1H3,(H,8,9)/b;3-2-. The van der Waals surface area contributed by atoms with Gasteiger partial charge in [0.2, 0.25) is 0 Å². The van der Waals surface area contributed by atoms with Crippen molar-refractivity contribution >= 4 is 11.8 Å². The first-order valence-electron chi connectivity index (χ1n) is 9.62. The van der Waals surface area contributed by atoms with Gasteiger partial charge in [-0.1, -0.05) is 36.4 Å². The highest BCUT2D eigenvalue weighted by Gasteiger charge is 2.36. The monoisotopic (exact) mass is 358 g/mol. The number of hydrogen-bond donors (Lipinski definition) is 2. The van der Waals surface area contributed by atoms with Crippen LogP contribution in [0, 0.1) is 0 Å². The molecular weight excluding hydrogens is 328 g/mol. The van der Waals surface area contributed by atoms with E-state index in [9.17, 15) is 14.7 Å². The first-order valence-corrected chi connectivity index (χ1v) is 9.62.